The number of hydrogen-bond donors (Lipinski definition) is 0. The topological polar surface area (TPSA) is 38.2 Å². The number of aromatic nitrogens is 2. The fourth-order valence-corrected chi connectivity index (χ4v) is 4.90. The molecule has 4 nitrogen and oxygen atoms in total. The molecule has 3 heterocycles. The lowest BCUT2D eigenvalue weighted by Gasteiger charge is -2.27. The van der Waals surface area contributed by atoms with Crippen molar-refractivity contribution >= 4 is 11.3 Å². The number of ether oxygens (including phenoxy) is 1. The van der Waals surface area contributed by atoms with E-state index >= 15 is 0 Å². The Morgan fingerprint density at radius 3 is 2.73 bits per heavy atom. The SMILES string of the molecule is COc1cccc(-c2ccc(CN3CCc4nc(-c5ccccc5)ncc4C3)s2)c1. The third-order valence-electron chi connectivity index (χ3n) is 5.44. The Balaban J connectivity index is 1.28. The van der Waals surface area contributed by atoms with E-state index in [0.717, 1.165) is 43.2 Å². The van der Waals surface area contributed by atoms with Crippen LogP contribution in [0.5, 0.6) is 5.75 Å². The van der Waals surface area contributed by atoms with E-state index in [1.807, 2.05) is 47.9 Å². The standard InChI is InChI=1S/C25H23N3OS/c1-29-21-9-5-8-19(14-21)24-11-10-22(30-24)17-28-13-12-23-20(16-28)15-26-25(27-23)18-6-3-2-4-7-18/h2-11,14-15H,12-13,16-17H2,1H3. The molecule has 0 saturated heterocycles. The molecule has 0 fully saturated rings. The summed E-state index contributed by atoms with van der Waals surface area (Å²) in [6, 6.07) is 22.9. The van der Waals surface area contributed by atoms with Crippen molar-refractivity contribution in [2.75, 3.05) is 13.7 Å². The van der Waals surface area contributed by atoms with Crippen LogP contribution in [0.15, 0.2) is 72.9 Å². The molecule has 0 saturated carbocycles. The second-order valence-corrected chi connectivity index (χ2v) is 8.66. The van der Waals surface area contributed by atoms with Gasteiger partial charge >= 0.3 is 0 Å². The van der Waals surface area contributed by atoms with Crippen LogP contribution in [0.4, 0.5) is 0 Å². The first-order valence-electron chi connectivity index (χ1n) is 10.1. The van der Waals surface area contributed by atoms with Crippen LogP contribution >= 0.6 is 11.3 Å². The summed E-state index contributed by atoms with van der Waals surface area (Å²) in [5, 5.41) is 0. The summed E-state index contributed by atoms with van der Waals surface area (Å²) < 4.78 is 5.36. The predicted molar refractivity (Wildman–Crippen MR) is 122 cm³/mol. The molecule has 2 aromatic heterocycles. The van der Waals surface area contributed by atoms with Gasteiger partial charge in [-0.15, -0.1) is 11.3 Å². The molecule has 1 aliphatic heterocycles. The van der Waals surface area contributed by atoms with Crippen molar-refractivity contribution in [3.8, 4) is 27.6 Å². The first-order chi connectivity index (χ1) is 14.8. The van der Waals surface area contributed by atoms with E-state index in [1.54, 1.807) is 7.11 Å². The van der Waals surface area contributed by atoms with Crippen molar-refractivity contribution in [1.82, 2.24) is 14.9 Å². The highest BCUT2D eigenvalue weighted by Gasteiger charge is 2.19. The van der Waals surface area contributed by atoms with Gasteiger partial charge < -0.3 is 4.74 Å². The highest BCUT2D eigenvalue weighted by molar-refractivity contribution is 7.15. The molecule has 0 aliphatic carbocycles. The van der Waals surface area contributed by atoms with Crippen LogP contribution in [0.25, 0.3) is 21.8 Å². The Kier molecular flexibility index (Phi) is 5.30. The zero-order chi connectivity index (χ0) is 20.3. The van der Waals surface area contributed by atoms with E-state index in [0.29, 0.717) is 0 Å². The van der Waals surface area contributed by atoms with Crippen LogP contribution in [-0.4, -0.2) is 28.5 Å². The number of thiophene rings is 1. The summed E-state index contributed by atoms with van der Waals surface area (Å²) in [7, 11) is 1.71. The molecule has 4 aromatic rings. The molecule has 0 atom stereocenters. The van der Waals surface area contributed by atoms with Gasteiger partial charge in [0, 0.05) is 53.1 Å². The van der Waals surface area contributed by atoms with Crippen LogP contribution in [0.2, 0.25) is 0 Å². The van der Waals surface area contributed by atoms with E-state index in [2.05, 4.69) is 46.3 Å². The second kappa shape index (κ2) is 8.38. The number of fused-ring (bicyclic) bond motifs is 1. The van der Waals surface area contributed by atoms with Crippen LogP contribution in [0.1, 0.15) is 16.1 Å². The molecule has 2 aromatic carbocycles. The molecule has 0 unspecified atom stereocenters. The Morgan fingerprint density at radius 1 is 1.00 bits per heavy atom. The summed E-state index contributed by atoms with van der Waals surface area (Å²) in [5.41, 5.74) is 4.71. The van der Waals surface area contributed by atoms with Gasteiger partial charge in [0.2, 0.25) is 0 Å². The van der Waals surface area contributed by atoms with E-state index in [1.165, 1.54) is 26.6 Å². The van der Waals surface area contributed by atoms with Crippen LogP contribution in [0, 0.1) is 0 Å². The van der Waals surface area contributed by atoms with Crippen molar-refractivity contribution in [3.05, 3.63) is 89.1 Å². The Hall–Kier alpha value is -3.02. The van der Waals surface area contributed by atoms with Gasteiger partial charge in [0.1, 0.15) is 5.75 Å². The van der Waals surface area contributed by atoms with Crippen LogP contribution < -0.4 is 4.74 Å². The summed E-state index contributed by atoms with van der Waals surface area (Å²) in [5.74, 6) is 1.72. The van der Waals surface area contributed by atoms with Crippen molar-refractivity contribution in [1.29, 1.82) is 0 Å². The van der Waals surface area contributed by atoms with Gasteiger partial charge in [-0.25, -0.2) is 9.97 Å². The molecular weight excluding hydrogens is 390 g/mol. The zero-order valence-corrected chi connectivity index (χ0v) is 17.7. The number of nitrogens with zero attached hydrogens (tertiary/aromatic N) is 3. The number of rotatable bonds is 5. The first-order valence-corrected chi connectivity index (χ1v) is 11.0. The quantitative estimate of drug-likeness (QED) is 0.437. The van der Waals surface area contributed by atoms with E-state index in [9.17, 15) is 0 Å². The van der Waals surface area contributed by atoms with Gasteiger partial charge in [-0.1, -0.05) is 42.5 Å². The minimum Gasteiger partial charge on any atom is -0.497 e. The molecule has 0 radical (unpaired) electrons. The minimum atomic E-state index is 0.823. The third-order valence-corrected chi connectivity index (χ3v) is 6.56. The lowest BCUT2D eigenvalue weighted by molar-refractivity contribution is 0.245. The fraction of sp³-hybridized carbons (Fsp3) is 0.200. The Morgan fingerprint density at radius 2 is 1.87 bits per heavy atom. The lowest BCUT2D eigenvalue weighted by Crippen LogP contribution is -2.30. The first kappa shape index (κ1) is 19.0. The number of methoxy groups -OCH3 is 1. The fourth-order valence-electron chi connectivity index (χ4n) is 3.85. The average molecular weight is 414 g/mol. The van der Waals surface area contributed by atoms with Crippen molar-refractivity contribution in [2.45, 2.75) is 19.5 Å². The van der Waals surface area contributed by atoms with Crippen LogP contribution in [-0.2, 0) is 19.5 Å². The van der Waals surface area contributed by atoms with Crippen molar-refractivity contribution < 1.29 is 4.74 Å². The summed E-state index contributed by atoms with van der Waals surface area (Å²) in [6.45, 7) is 2.87. The molecule has 1 aliphatic rings. The van der Waals surface area contributed by atoms with Crippen molar-refractivity contribution in [3.63, 3.8) is 0 Å². The molecule has 0 amide bonds. The highest BCUT2D eigenvalue weighted by Crippen LogP contribution is 2.31. The minimum absolute atomic E-state index is 0.823. The Bertz CT molecular complexity index is 1160. The Labute approximate surface area is 180 Å². The van der Waals surface area contributed by atoms with Gasteiger partial charge in [-0.3, -0.25) is 4.90 Å². The summed E-state index contributed by atoms with van der Waals surface area (Å²) in [4.78, 5) is 14.6. The molecule has 0 spiro atoms. The molecule has 0 N–H and O–H groups in total. The van der Waals surface area contributed by atoms with Gasteiger partial charge in [-0.05, 0) is 29.8 Å². The van der Waals surface area contributed by atoms with Gasteiger partial charge in [-0.2, -0.15) is 0 Å². The van der Waals surface area contributed by atoms with Gasteiger partial charge in [0.25, 0.3) is 0 Å². The maximum absolute atomic E-state index is 5.36. The average Bonchev–Trinajstić information content (AvgIpc) is 3.28. The molecule has 30 heavy (non-hydrogen) atoms. The number of benzene rings is 2. The van der Waals surface area contributed by atoms with Gasteiger partial charge in [0.05, 0.1) is 12.8 Å². The maximum atomic E-state index is 5.36. The zero-order valence-electron chi connectivity index (χ0n) is 16.9. The molecule has 5 rings (SSSR count). The molecule has 0 bridgehead atoms. The van der Waals surface area contributed by atoms with E-state index < -0.39 is 0 Å². The van der Waals surface area contributed by atoms with Gasteiger partial charge in [0.15, 0.2) is 5.82 Å². The normalized spacial score (nSPS) is 13.8. The molecule has 5 heteroatoms. The smallest absolute Gasteiger partial charge is 0.159 e. The monoisotopic (exact) mass is 413 g/mol. The van der Waals surface area contributed by atoms with E-state index in [-0.39, 0.29) is 0 Å². The molecular formula is C25H23N3OS. The number of hydrogen-bond acceptors (Lipinski definition) is 5. The summed E-state index contributed by atoms with van der Waals surface area (Å²) in [6.07, 6.45) is 2.97. The van der Waals surface area contributed by atoms with E-state index in [4.69, 9.17) is 9.72 Å². The summed E-state index contributed by atoms with van der Waals surface area (Å²) >= 11 is 1.85. The second-order valence-electron chi connectivity index (χ2n) is 7.49. The lowest BCUT2D eigenvalue weighted by atomic mass is 10.1. The highest BCUT2D eigenvalue weighted by atomic mass is 32.1. The predicted octanol–water partition coefficient (Wildman–Crippen LogP) is 5.44. The molecule has 150 valence electrons. The third kappa shape index (κ3) is 3.99. The maximum Gasteiger partial charge on any atom is 0.159 e. The largest absolute Gasteiger partial charge is 0.497 e. The van der Waals surface area contributed by atoms with Crippen LogP contribution in [0.3, 0.4) is 0 Å². The van der Waals surface area contributed by atoms with Crippen molar-refractivity contribution in [2.24, 2.45) is 0 Å².